The summed E-state index contributed by atoms with van der Waals surface area (Å²) in [5, 5.41) is 10.0. The molecule has 2 amide bonds. The van der Waals surface area contributed by atoms with Crippen LogP contribution in [0.25, 0.3) is 16.9 Å². The van der Waals surface area contributed by atoms with Crippen molar-refractivity contribution in [3.63, 3.8) is 0 Å². The standard InChI is InChI=1S/C23H22N6O/c1-17(19-3-5-20(6-4-19)21-8-11-24-12-9-21)28-23(30)26-16-18-7-13-25-22(15-18)29-14-2-10-27-29/h2-15,17H,16H2,1H3,(H2,26,28,30). The maximum Gasteiger partial charge on any atom is 0.315 e. The van der Waals surface area contributed by atoms with Crippen LogP contribution in [0.4, 0.5) is 4.79 Å². The van der Waals surface area contributed by atoms with Crippen molar-refractivity contribution in [3.8, 4) is 16.9 Å². The molecule has 0 aliphatic carbocycles. The minimum Gasteiger partial charge on any atom is -0.334 e. The van der Waals surface area contributed by atoms with E-state index in [1.165, 1.54) is 0 Å². The highest BCUT2D eigenvalue weighted by Gasteiger charge is 2.10. The molecule has 30 heavy (non-hydrogen) atoms. The lowest BCUT2D eigenvalue weighted by molar-refractivity contribution is 0.237. The third-order valence-corrected chi connectivity index (χ3v) is 4.77. The van der Waals surface area contributed by atoms with E-state index in [2.05, 4.69) is 37.8 Å². The average molecular weight is 398 g/mol. The van der Waals surface area contributed by atoms with Crippen LogP contribution in [-0.2, 0) is 6.54 Å². The number of pyridine rings is 2. The maximum atomic E-state index is 12.3. The van der Waals surface area contributed by atoms with Crippen LogP contribution in [0.5, 0.6) is 0 Å². The van der Waals surface area contributed by atoms with Gasteiger partial charge in [-0.25, -0.2) is 14.5 Å². The van der Waals surface area contributed by atoms with Gasteiger partial charge in [0.15, 0.2) is 5.82 Å². The first kappa shape index (κ1) is 19.3. The SMILES string of the molecule is CC(NC(=O)NCc1ccnc(-n2cccn2)c1)c1ccc(-c2ccncc2)cc1. The zero-order chi connectivity index (χ0) is 20.8. The second-order valence-electron chi connectivity index (χ2n) is 6.88. The van der Waals surface area contributed by atoms with Gasteiger partial charge in [-0.1, -0.05) is 24.3 Å². The quantitative estimate of drug-likeness (QED) is 0.516. The van der Waals surface area contributed by atoms with Crippen molar-refractivity contribution in [3.05, 3.63) is 96.7 Å². The molecular formula is C23H22N6O. The van der Waals surface area contributed by atoms with Crippen LogP contribution in [0.1, 0.15) is 24.1 Å². The molecular weight excluding hydrogens is 376 g/mol. The van der Waals surface area contributed by atoms with Gasteiger partial charge in [-0.3, -0.25) is 4.98 Å². The Bertz CT molecular complexity index is 1090. The van der Waals surface area contributed by atoms with Crippen molar-refractivity contribution < 1.29 is 4.79 Å². The highest BCUT2D eigenvalue weighted by atomic mass is 16.2. The number of hydrogen-bond acceptors (Lipinski definition) is 4. The fraction of sp³-hybridized carbons (Fsp3) is 0.130. The number of aromatic nitrogens is 4. The maximum absolute atomic E-state index is 12.3. The second-order valence-corrected chi connectivity index (χ2v) is 6.88. The lowest BCUT2D eigenvalue weighted by atomic mass is 10.0. The first-order valence-corrected chi connectivity index (χ1v) is 9.69. The molecule has 0 saturated carbocycles. The Balaban J connectivity index is 1.32. The molecule has 0 aliphatic rings. The van der Waals surface area contributed by atoms with Gasteiger partial charge in [0, 0.05) is 37.5 Å². The van der Waals surface area contributed by atoms with Crippen molar-refractivity contribution in [1.82, 2.24) is 30.4 Å². The summed E-state index contributed by atoms with van der Waals surface area (Å²) in [6, 6.07) is 17.4. The highest BCUT2D eigenvalue weighted by molar-refractivity contribution is 5.74. The van der Waals surface area contributed by atoms with E-state index in [0.29, 0.717) is 12.4 Å². The number of nitrogens with one attached hydrogen (secondary N) is 2. The largest absolute Gasteiger partial charge is 0.334 e. The van der Waals surface area contributed by atoms with E-state index < -0.39 is 0 Å². The van der Waals surface area contributed by atoms with Crippen molar-refractivity contribution in [2.75, 3.05) is 0 Å². The van der Waals surface area contributed by atoms with E-state index in [1.807, 2.05) is 55.6 Å². The van der Waals surface area contributed by atoms with Gasteiger partial charge in [0.05, 0.1) is 6.04 Å². The summed E-state index contributed by atoms with van der Waals surface area (Å²) in [4.78, 5) is 20.7. The first-order chi connectivity index (χ1) is 14.7. The number of benzene rings is 1. The molecule has 0 saturated heterocycles. The molecule has 0 bridgehead atoms. The van der Waals surface area contributed by atoms with E-state index in [1.54, 1.807) is 29.5 Å². The van der Waals surface area contributed by atoms with Crippen LogP contribution in [-0.4, -0.2) is 25.8 Å². The summed E-state index contributed by atoms with van der Waals surface area (Å²) < 4.78 is 1.68. The molecule has 2 N–H and O–H groups in total. The van der Waals surface area contributed by atoms with Crippen LogP contribution < -0.4 is 10.6 Å². The molecule has 3 aromatic heterocycles. The van der Waals surface area contributed by atoms with E-state index in [9.17, 15) is 4.79 Å². The molecule has 0 radical (unpaired) electrons. The summed E-state index contributed by atoms with van der Waals surface area (Å²) in [5.74, 6) is 0.711. The molecule has 4 aromatic rings. The summed E-state index contributed by atoms with van der Waals surface area (Å²) >= 11 is 0. The Morgan fingerprint density at radius 2 is 1.77 bits per heavy atom. The third kappa shape index (κ3) is 4.70. The smallest absolute Gasteiger partial charge is 0.315 e. The highest BCUT2D eigenvalue weighted by Crippen LogP contribution is 2.21. The van der Waals surface area contributed by atoms with Crippen molar-refractivity contribution in [1.29, 1.82) is 0 Å². The molecule has 0 spiro atoms. The van der Waals surface area contributed by atoms with Gasteiger partial charge in [-0.2, -0.15) is 5.10 Å². The van der Waals surface area contributed by atoms with Crippen LogP contribution in [0.15, 0.2) is 85.6 Å². The van der Waals surface area contributed by atoms with Gasteiger partial charge in [0.25, 0.3) is 0 Å². The molecule has 7 nitrogen and oxygen atoms in total. The summed E-state index contributed by atoms with van der Waals surface area (Å²) in [6.07, 6.45) is 8.79. The zero-order valence-electron chi connectivity index (χ0n) is 16.6. The van der Waals surface area contributed by atoms with Gasteiger partial charge >= 0.3 is 6.03 Å². The predicted molar refractivity (Wildman–Crippen MR) is 115 cm³/mol. The van der Waals surface area contributed by atoms with E-state index in [-0.39, 0.29) is 12.1 Å². The molecule has 0 aliphatic heterocycles. The Hall–Kier alpha value is -4.00. The zero-order valence-corrected chi connectivity index (χ0v) is 16.6. The molecule has 1 atom stereocenters. The monoisotopic (exact) mass is 398 g/mol. The van der Waals surface area contributed by atoms with Crippen molar-refractivity contribution in [2.45, 2.75) is 19.5 Å². The number of urea groups is 1. The normalized spacial score (nSPS) is 11.6. The Kier molecular flexibility index (Phi) is 5.80. The van der Waals surface area contributed by atoms with Crippen molar-refractivity contribution >= 4 is 6.03 Å². The first-order valence-electron chi connectivity index (χ1n) is 9.69. The summed E-state index contributed by atoms with van der Waals surface area (Å²) in [5.41, 5.74) is 4.21. The molecule has 7 heteroatoms. The number of hydrogen-bond donors (Lipinski definition) is 2. The average Bonchev–Trinajstić information content (AvgIpc) is 3.34. The molecule has 1 aromatic carbocycles. The lowest BCUT2D eigenvalue weighted by Gasteiger charge is -2.16. The third-order valence-electron chi connectivity index (χ3n) is 4.77. The van der Waals surface area contributed by atoms with Gasteiger partial charge < -0.3 is 10.6 Å². The second kappa shape index (κ2) is 9.00. The van der Waals surface area contributed by atoms with Crippen LogP contribution in [0.2, 0.25) is 0 Å². The molecule has 150 valence electrons. The lowest BCUT2D eigenvalue weighted by Crippen LogP contribution is -2.36. The fourth-order valence-electron chi connectivity index (χ4n) is 3.12. The number of carbonyl (C=O) groups is 1. The number of rotatable bonds is 6. The number of carbonyl (C=O) groups excluding carboxylic acids is 1. The van der Waals surface area contributed by atoms with Crippen LogP contribution in [0.3, 0.4) is 0 Å². The van der Waals surface area contributed by atoms with Crippen LogP contribution in [0, 0.1) is 0 Å². The predicted octanol–water partition coefficient (Wildman–Crippen LogP) is 3.89. The fourth-order valence-corrected chi connectivity index (χ4v) is 3.12. The topological polar surface area (TPSA) is 84.7 Å². The molecule has 4 rings (SSSR count). The van der Waals surface area contributed by atoms with Gasteiger partial charge in [0.1, 0.15) is 0 Å². The minimum atomic E-state index is -0.224. The van der Waals surface area contributed by atoms with Gasteiger partial charge in [0.2, 0.25) is 0 Å². The van der Waals surface area contributed by atoms with Crippen LogP contribution >= 0.6 is 0 Å². The molecule has 0 fully saturated rings. The summed E-state index contributed by atoms with van der Waals surface area (Å²) in [6.45, 7) is 2.36. The Morgan fingerprint density at radius 1 is 1.00 bits per heavy atom. The Labute approximate surface area is 174 Å². The summed E-state index contributed by atoms with van der Waals surface area (Å²) in [7, 11) is 0. The van der Waals surface area contributed by atoms with Gasteiger partial charge in [-0.05, 0) is 59.5 Å². The molecule has 3 heterocycles. The van der Waals surface area contributed by atoms with E-state index in [4.69, 9.17) is 0 Å². The van der Waals surface area contributed by atoms with E-state index in [0.717, 1.165) is 22.3 Å². The number of nitrogens with zero attached hydrogens (tertiary/aromatic N) is 4. The van der Waals surface area contributed by atoms with E-state index >= 15 is 0 Å². The Morgan fingerprint density at radius 3 is 2.50 bits per heavy atom. The molecule has 1 unspecified atom stereocenters. The van der Waals surface area contributed by atoms with Crippen molar-refractivity contribution in [2.24, 2.45) is 0 Å². The van der Waals surface area contributed by atoms with Gasteiger partial charge in [-0.15, -0.1) is 0 Å². The minimum absolute atomic E-state index is 0.117. The number of amides is 2.